The van der Waals surface area contributed by atoms with Crippen LogP contribution in [-0.2, 0) is 38.1 Å². The van der Waals surface area contributed by atoms with Crippen molar-refractivity contribution in [2.75, 3.05) is 0 Å². The molecule has 1 saturated carbocycles. The van der Waals surface area contributed by atoms with Crippen LogP contribution in [0, 0.1) is 40.4 Å². The van der Waals surface area contributed by atoms with Gasteiger partial charge in [0.15, 0.2) is 0 Å². The van der Waals surface area contributed by atoms with E-state index in [1.54, 1.807) is 41.5 Å². The Morgan fingerprint density at radius 3 is 1.37 bits per heavy atom. The number of carbonyl (C=O) groups is 4. The van der Waals surface area contributed by atoms with Gasteiger partial charge in [0.05, 0.1) is 11.8 Å². The van der Waals surface area contributed by atoms with Crippen molar-refractivity contribution in [1.82, 2.24) is 0 Å². The molecule has 3 rings (SSSR count). The fourth-order valence-corrected chi connectivity index (χ4v) is 6.91. The fourth-order valence-electron chi connectivity index (χ4n) is 6.91. The average Bonchev–Trinajstić information content (AvgIpc) is 3.64. The summed E-state index contributed by atoms with van der Waals surface area (Å²) in [5, 5.41) is 0. The van der Waals surface area contributed by atoms with E-state index in [0.29, 0.717) is 23.0 Å². The summed E-state index contributed by atoms with van der Waals surface area (Å²) in [6, 6.07) is 0. The minimum Gasteiger partial charge on any atom is -0.459 e. The van der Waals surface area contributed by atoms with Crippen LogP contribution in [0.25, 0.3) is 0 Å². The van der Waals surface area contributed by atoms with Gasteiger partial charge in [-0.3, -0.25) is 9.59 Å². The van der Waals surface area contributed by atoms with Gasteiger partial charge in [-0.15, -0.1) is 0 Å². The Morgan fingerprint density at radius 2 is 1.02 bits per heavy atom. The molecule has 0 aromatic carbocycles. The first kappa shape index (κ1) is 44.0. The molecule has 0 N–H and O–H groups in total. The summed E-state index contributed by atoms with van der Waals surface area (Å²) in [5.41, 5.74) is -3.85. The van der Waals surface area contributed by atoms with Crippen molar-refractivity contribution in [2.45, 2.75) is 158 Å². The maximum atomic E-state index is 13.1. The van der Waals surface area contributed by atoms with Gasteiger partial charge in [0.1, 0.15) is 22.4 Å². The first-order valence-electron chi connectivity index (χ1n) is 18.6. The average molecular weight is 713 g/mol. The lowest BCUT2D eigenvalue weighted by Gasteiger charge is -2.50. The van der Waals surface area contributed by atoms with Gasteiger partial charge in [0.25, 0.3) is 0 Å². The predicted molar refractivity (Wildman–Crippen MR) is 202 cm³/mol. The molecule has 0 aromatic heterocycles. The smallest absolute Gasteiger partial charge is 0.333 e. The quantitative estimate of drug-likeness (QED) is 0.0805. The molecule has 8 nitrogen and oxygen atoms in total. The van der Waals surface area contributed by atoms with Gasteiger partial charge in [-0.25, -0.2) is 9.59 Å². The summed E-state index contributed by atoms with van der Waals surface area (Å²) in [6.07, 6.45) is 13.4. The number of esters is 4. The monoisotopic (exact) mass is 712 g/mol. The van der Waals surface area contributed by atoms with E-state index >= 15 is 0 Å². The van der Waals surface area contributed by atoms with Gasteiger partial charge in [-0.1, -0.05) is 72.1 Å². The van der Waals surface area contributed by atoms with E-state index in [-0.39, 0.29) is 29.7 Å². The normalized spacial score (nSPS) is 23.5. The van der Waals surface area contributed by atoms with Crippen molar-refractivity contribution in [3.05, 3.63) is 48.6 Å². The van der Waals surface area contributed by atoms with Gasteiger partial charge in [0.2, 0.25) is 0 Å². The van der Waals surface area contributed by atoms with Crippen LogP contribution in [0.2, 0.25) is 0 Å². The molecule has 0 spiro atoms. The van der Waals surface area contributed by atoms with Crippen LogP contribution in [-0.4, -0.2) is 46.3 Å². The summed E-state index contributed by atoms with van der Waals surface area (Å²) < 4.78 is 23.3. The molecule has 51 heavy (non-hydrogen) atoms. The first-order chi connectivity index (χ1) is 23.0. The highest BCUT2D eigenvalue weighted by molar-refractivity contribution is 5.88. The van der Waals surface area contributed by atoms with Crippen LogP contribution in [0.3, 0.4) is 0 Å². The van der Waals surface area contributed by atoms with E-state index in [1.165, 1.54) is 0 Å². The topological polar surface area (TPSA) is 105 Å². The molecule has 3 aliphatic carbocycles. The molecule has 288 valence electrons. The lowest BCUT2D eigenvalue weighted by Crippen LogP contribution is -2.57. The zero-order valence-electron chi connectivity index (χ0n) is 34.4. The highest BCUT2D eigenvalue weighted by atomic mass is 16.6. The van der Waals surface area contributed by atoms with Crippen LogP contribution in [0.1, 0.15) is 136 Å². The second-order valence-corrected chi connectivity index (χ2v) is 18.0. The van der Waals surface area contributed by atoms with Crippen molar-refractivity contribution in [2.24, 2.45) is 40.4 Å². The Morgan fingerprint density at radius 1 is 0.608 bits per heavy atom. The molecule has 5 atom stereocenters. The van der Waals surface area contributed by atoms with Crippen molar-refractivity contribution in [1.29, 1.82) is 0 Å². The van der Waals surface area contributed by atoms with Crippen LogP contribution >= 0.6 is 0 Å². The van der Waals surface area contributed by atoms with Crippen molar-refractivity contribution in [3.63, 3.8) is 0 Å². The van der Waals surface area contributed by atoms with Crippen molar-refractivity contribution < 1.29 is 38.1 Å². The van der Waals surface area contributed by atoms with Gasteiger partial charge >= 0.3 is 23.9 Å². The van der Waals surface area contributed by atoms with Crippen molar-refractivity contribution >= 4 is 23.9 Å². The minimum atomic E-state index is -0.859. The molecule has 0 saturated heterocycles. The van der Waals surface area contributed by atoms with Gasteiger partial charge in [0, 0.05) is 22.0 Å². The van der Waals surface area contributed by atoms with E-state index in [0.717, 1.165) is 32.1 Å². The molecule has 1 fully saturated rings. The Bertz CT molecular complexity index is 1360. The molecular weight excluding hydrogens is 644 g/mol. The number of ether oxygens (including phenoxy) is 4. The lowest BCUT2D eigenvalue weighted by molar-refractivity contribution is -0.211. The highest BCUT2D eigenvalue weighted by Gasteiger charge is 2.55. The maximum absolute atomic E-state index is 13.1. The number of carbonyl (C=O) groups excluding carboxylic acids is 4. The second-order valence-electron chi connectivity index (χ2n) is 18.0. The summed E-state index contributed by atoms with van der Waals surface area (Å²) in [6.45, 7) is 35.3. The molecule has 3 aliphatic rings. The first-order valence-corrected chi connectivity index (χ1v) is 18.6. The summed E-state index contributed by atoms with van der Waals surface area (Å²) in [7, 11) is 0. The summed E-state index contributed by atoms with van der Waals surface area (Å²) >= 11 is 0. The predicted octanol–water partition coefficient (Wildman–Crippen LogP) is 9.67. The lowest BCUT2D eigenvalue weighted by atomic mass is 9.66. The minimum absolute atomic E-state index is 0.0416. The third kappa shape index (κ3) is 9.64. The molecular formula is C43H68O8. The zero-order valence-corrected chi connectivity index (χ0v) is 34.4. The number of fused-ring (bicyclic) bond motifs is 2. The standard InChI is InChI=1S/C26H40O4.C17H28O4/c1-8-18-11-9-10-12-20(18)22(27)29-25(4,5)24(2,3)26(6,7)30-23(28)21-16-17-13-14-19(21)15-17;1-11(2)13(18)20-16(7,8)15(5,6)17(9,10)21-14(19)12(3)4/h9,11,13-14,17-21H,8,10,12,15-16H2,1-7H3;1,3H2,2,4-10H3. The number of allylic oxidation sites excluding steroid dienone is 4. The largest absolute Gasteiger partial charge is 0.459 e. The number of rotatable bonds is 13. The summed E-state index contributed by atoms with van der Waals surface area (Å²) in [5.74, 6) is -0.233. The molecule has 0 amide bonds. The molecule has 0 aromatic rings. The Kier molecular flexibility index (Phi) is 13.7. The molecule has 0 aliphatic heterocycles. The molecule has 2 bridgehead atoms. The third-order valence-electron chi connectivity index (χ3n) is 13.0. The number of hydrogen-bond donors (Lipinski definition) is 0. The third-order valence-corrected chi connectivity index (χ3v) is 13.0. The van der Waals surface area contributed by atoms with E-state index < -0.39 is 45.2 Å². The van der Waals surface area contributed by atoms with Gasteiger partial charge in [-0.05, 0) is 119 Å². The fraction of sp³-hybridized carbons (Fsp3) is 0.721. The van der Waals surface area contributed by atoms with E-state index in [2.05, 4.69) is 44.4 Å². The summed E-state index contributed by atoms with van der Waals surface area (Å²) in [4.78, 5) is 49.7. The van der Waals surface area contributed by atoms with Crippen LogP contribution in [0.15, 0.2) is 48.6 Å². The van der Waals surface area contributed by atoms with Crippen LogP contribution in [0.4, 0.5) is 0 Å². The number of hydrogen-bond acceptors (Lipinski definition) is 8. The SMILES string of the molecule is C=C(C)C(=O)OC(C)(C)C(C)(C)C(C)(C)OC(=O)C(=C)C.CCC1C=CCCC1C(=O)OC(C)(C)C(C)(C)C(C)(C)OC(=O)C1CC2C=CC1C2. The van der Waals surface area contributed by atoms with Crippen LogP contribution < -0.4 is 0 Å². The van der Waals surface area contributed by atoms with E-state index in [9.17, 15) is 19.2 Å². The van der Waals surface area contributed by atoms with E-state index in [4.69, 9.17) is 18.9 Å². The highest BCUT2D eigenvalue weighted by Crippen LogP contribution is 2.49. The van der Waals surface area contributed by atoms with Gasteiger partial charge < -0.3 is 18.9 Å². The van der Waals surface area contributed by atoms with E-state index in [1.807, 2.05) is 55.4 Å². The van der Waals surface area contributed by atoms with Crippen molar-refractivity contribution in [3.8, 4) is 0 Å². The maximum Gasteiger partial charge on any atom is 0.333 e. The molecule has 0 heterocycles. The Labute approximate surface area is 308 Å². The Balaban J connectivity index is 0.000000380. The molecule has 5 unspecified atom stereocenters. The second kappa shape index (κ2) is 15.8. The van der Waals surface area contributed by atoms with Crippen LogP contribution in [0.5, 0.6) is 0 Å². The van der Waals surface area contributed by atoms with Gasteiger partial charge in [-0.2, -0.15) is 0 Å². The molecule has 0 radical (unpaired) electrons. The molecule has 8 heteroatoms. The zero-order chi connectivity index (χ0) is 39.5. The Hall–Kier alpha value is -3.16.